The highest BCUT2D eigenvalue weighted by Gasteiger charge is 2.20. The third-order valence-electron chi connectivity index (χ3n) is 4.10. The van der Waals surface area contributed by atoms with Gasteiger partial charge in [-0.05, 0) is 48.9 Å². The van der Waals surface area contributed by atoms with E-state index in [4.69, 9.17) is 0 Å². The largest absolute Gasteiger partial charge is 0.508 e. The number of hydrogen-bond donors (Lipinski definition) is 3. The predicted octanol–water partition coefficient (Wildman–Crippen LogP) is 3.54. The average molecular weight is 315 g/mol. The number of phenols is 1. The Kier molecular flexibility index (Phi) is 3.10. The van der Waals surface area contributed by atoms with Gasteiger partial charge in [-0.1, -0.05) is 12.1 Å². The summed E-state index contributed by atoms with van der Waals surface area (Å²) < 4.78 is 2.01. The molecular weight excluding hydrogens is 300 g/mol. The van der Waals surface area contributed by atoms with Gasteiger partial charge in [0.05, 0.1) is 5.69 Å². The minimum atomic E-state index is 0.224. The summed E-state index contributed by atoms with van der Waals surface area (Å²) >= 11 is 0. The number of nitriles is 1. The van der Waals surface area contributed by atoms with Crippen LogP contribution in [0.3, 0.4) is 0 Å². The van der Waals surface area contributed by atoms with E-state index < -0.39 is 0 Å². The van der Waals surface area contributed by atoms with E-state index in [1.807, 2.05) is 53.8 Å². The number of aromatic amines is 1. The van der Waals surface area contributed by atoms with Crippen molar-refractivity contribution in [2.24, 2.45) is 0 Å². The second kappa shape index (κ2) is 5.28. The van der Waals surface area contributed by atoms with Gasteiger partial charge in [-0.15, -0.1) is 0 Å². The van der Waals surface area contributed by atoms with Crippen LogP contribution in [0.1, 0.15) is 11.1 Å². The number of imidazole rings is 1. The summed E-state index contributed by atoms with van der Waals surface area (Å²) in [5.74, 6) is 1.08. The Morgan fingerprint density at radius 1 is 1.12 bits per heavy atom. The van der Waals surface area contributed by atoms with Crippen molar-refractivity contribution in [3.05, 3.63) is 65.7 Å². The second-order valence-corrected chi connectivity index (χ2v) is 5.70. The lowest BCUT2D eigenvalue weighted by Crippen LogP contribution is -2.26. The van der Waals surface area contributed by atoms with Crippen LogP contribution in [0, 0.1) is 18.3 Å². The first-order valence-electron chi connectivity index (χ1n) is 7.59. The predicted molar refractivity (Wildman–Crippen MR) is 92.3 cm³/mol. The van der Waals surface area contributed by atoms with Gasteiger partial charge in [0.1, 0.15) is 28.4 Å². The van der Waals surface area contributed by atoms with Gasteiger partial charge >= 0.3 is 0 Å². The molecule has 24 heavy (non-hydrogen) atoms. The molecule has 0 aliphatic rings. The fraction of sp³-hybridized carbons (Fsp3) is 0.0526. The van der Waals surface area contributed by atoms with Crippen LogP contribution < -0.4 is 9.72 Å². The summed E-state index contributed by atoms with van der Waals surface area (Å²) in [4.78, 5) is 3.33. The summed E-state index contributed by atoms with van der Waals surface area (Å²) in [6, 6.07) is 19.1. The summed E-state index contributed by atoms with van der Waals surface area (Å²) in [5.41, 5.74) is 5.10. The SMILES string of the molecule is Cc1cc(Nc2ccc(O)cc2)[n+]2c([nH]c3ccccc32)c1C#N. The van der Waals surface area contributed by atoms with Crippen LogP contribution in [0.2, 0.25) is 0 Å². The monoisotopic (exact) mass is 315 g/mol. The zero-order valence-corrected chi connectivity index (χ0v) is 13.0. The molecule has 2 aromatic heterocycles. The first-order chi connectivity index (χ1) is 11.7. The summed E-state index contributed by atoms with van der Waals surface area (Å²) in [6.07, 6.45) is 0. The quantitative estimate of drug-likeness (QED) is 0.391. The number of anilines is 2. The first kappa shape index (κ1) is 14.1. The van der Waals surface area contributed by atoms with Gasteiger partial charge in [0.25, 0.3) is 0 Å². The molecule has 3 N–H and O–H groups in total. The topological polar surface area (TPSA) is 75.9 Å². The number of nitrogens with one attached hydrogen (secondary N) is 2. The lowest BCUT2D eigenvalue weighted by molar-refractivity contribution is -0.464. The molecule has 0 aliphatic carbocycles. The number of hydrogen-bond acceptors (Lipinski definition) is 3. The Bertz CT molecular complexity index is 1100. The molecule has 0 atom stereocenters. The molecule has 0 unspecified atom stereocenters. The van der Waals surface area contributed by atoms with Crippen molar-refractivity contribution in [3.8, 4) is 11.8 Å². The zero-order chi connectivity index (χ0) is 16.7. The van der Waals surface area contributed by atoms with Gasteiger partial charge in [0.2, 0.25) is 11.5 Å². The number of fused-ring (bicyclic) bond motifs is 3. The molecule has 116 valence electrons. The van der Waals surface area contributed by atoms with Gasteiger partial charge in [-0.25, -0.2) is 0 Å². The Balaban J connectivity index is 2.01. The number of aryl methyl sites for hydroxylation is 1. The molecule has 0 saturated heterocycles. The number of para-hydroxylation sites is 2. The van der Waals surface area contributed by atoms with Crippen molar-refractivity contribution in [2.75, 3.05) is 5.32 Å². The van der Waals surface area contributed by atoms with Gasteiger partial charge < -0.3 is 5.11 Å². The third kappa shape index (κ3) is 2.13. The van der Waals surface area contributed by atoms with Crippen LogP contribution in [0.5, 0.6) is 5.75 Å². The van der Waals surface area contributed by atoms with E-state index in [1.165, 1.54) is 0 Å². The average Bonchev–Trinajstić information content (AvgIpc) is 2.96. The number of nitrogens with zero attached hydrogens (tertiary/aromatic N) is 2. The molecule has 0 saturated carbocycles. The van der Waals surface area contributed by atoms with Crippen LogP contribution in [0.25, 0.3) is 16.7 Å². The summed E-state index contributed by atoms with van der Waals surface area (Å²) in [7, 11) is 0. The Labute approximate surface area is 138 Å². The number of pyridine rings is 1. The van der Waals surface area contributed by atoms with E-state index >= 15 is 0 Å². The van der Waals surface area contributed by atoms with Crippen molar-refractivity contribution >= 4 is 28.2 Å². The molecule has 0 spiro atoms. The van der Waals surface area contributed by atoms with E-state index in [-0.39, 0.29) is 5.75 Å². The highest BCUT2D eigenvalue weighted by atomic mass is 16.3. The number of H-pyrrole nitrogens is 1. The Hall–Kier alpha value is -3.52. The molecule has 0 aliphatic heterocycles. The minimum Gasteiger partial charge on any atom is -0.508 e. The molecule has 0 fully saturated rings. The molecule has 0 amide bonds. The maximum absolute atomic E-state index is 9.52. The van der Waals surface area contributed by atoms with Gasteiger partial charge in [-0.3, -0.25) is 10.3 Å². The zero-order valence-electron chi connectivity index (χ0n) is 13.0. The third-order valence-corrected chi connectivity index (χ3v) is 4.10. The van der Waals surface area contributed by atoms with Crippen LogP contribution in [0.15, 0.2) is 54.6 Å². The van der Waals surface area contributed by atoms with Crippen molar-refractivity contribution in [1.82, 2.24) is 4.98 Å². The van der Waals surface area contributed by atoms with Crippen molar-refractivity contribution < 1.29 is 9.51 Å². The Morgan fingerprint density at radius 3 is 2.62 bits per heavy atom. The fourth-order valence-electron chi connectivity index (χ4n) is 2.96. The fourth-order valence-corrected chi connectivity index (χ4v) is 2.96. The van der Waals surface area contributed by atoms with E-state index in [0.717, 1.165) is 33.7 Å². The molecule has 5 heteroatoms. The van der Waals surface area contributed by atoms with Gasteiger partial charge in [0.15, 0.2) is 0 Å². The molecule has 0 radical (unpaired) electrons. The molecule has 5 nitrogen and oxygen atoms in total. The standard InChI is InChI=1S/C19H14N4O/c1-12-10-18(21-13-6-8-14(24)9-7-13)23-17-5-3-2-4-16(17)22-19(23)15(12)11-20/h2-10H,1H3,(H2,21,22,24)/p+1. The maximum Gasteiger partial charge on any atom is 0.250 e. The number of phenolic OH excluding ortho intramolecular Hbond substituents is 1. The lowest BCUT2D eigenvalue weighted by Gasteiger charge is -2.06. The van der Waals surface area contributed by atoms with E-state index in [0.29, 0.717) is 5.56 Å². The second-order valence-electron chi connectivity index (χ2n) is 5.70. The van der Waals surface area contributed by atoms with Crippen LogP contribution >= 0.6 is 0 Å². The highest BCUT2D eigenvalue weighted by molar-refractivity contribution is 5.77. The van der Waals surface area contributed by atoms with E-state index in [1.54, 1.807) is 12.1 Å². The lowest BCUT2D eigenvalue weighted by atomic mass is 10.1. The van der Waals surface area contributed by atoms with Gasteiger partial charge in [0, 0.05) is 6.07 Å². The first-order valence-corrected chi connectivity index (χ1v) is 7.59. The highest BCUT2D eigenvalue weighted by Crippen LogP contribution is 2.23. The number of aromatic hydroxyl groups is 1. The summed E-state index contributed by atoms with van der Waals surface area (Å²) in [6.45, 7) is 1.92. The molecule has 4 rings (SSSR count). The van der Waals surface area contributed by atoms with Crippen LogP contribution in [-0.2, 0) is 0 Å². The normalized spacial score (nSPS) is 10.8. The molecule has 0 bridgehead atoms. The van der Waals surface area contributed by atoms with Gasteiger partial charge in [-0.2, -0.15) is 9.66 Å². The van der Waals surface area contributed by atoms with Crippen molar-refractivity contribution in [2.45, 2.75) is 6.92 Å². The van der Waals surface area contributed by atoms with Crippen molar-refractivity contribution in [1.29, 1.82) is 5.26 Å². The van der Waals surface area contributed by atoms with E-state index in [2.05, 4.69) is 16.4 Å². The van der Waals surface area contributed by atoms with Crippen molar-refractivity contribution in [3.63, 3.8) is 0 Å². The Morgan fingerprint density at radius 2 is 1.88 bits per heavy atom. The smallest absolute Gasteiger partial charge is 0.250 e. The van der Waals surface area contributed by atoms with Crippen LogP contribution in [0.4, 0.5) is 11.5 Å². The minimum absolute atomic E-state index is 0.224. The van der Waals surface area contributed by atoms with E-state index in [9.17, 15) is 10.4 Å². The molecule has 4 aromatic rings. The molecule has 2 heterocycles. The van der Waals surface area contributed by atoms with Crippen LogP contribution in [-0.4, -0.2) is 10.1 Å². The number of benzene rings is 2. The maximum atomic E-state index is 9.52. The number of aromatic nitrogens is 2. The molecular formula is C19H15N4O+. The molecule has 2 aromatic carbocycles. The summed E-state index contributed by atoms with van der Waals surface area (Å²) in [5, 5.41) is 22.3. The number of rotatable bonds is 2.